The molecule has 3 nitrogen and oxygen atoms in total. The number of hydrogen-bond acceptors (Lipinski definition) is 2. The van der Waals surface area contributed by atoms with Gasteiger partial charge in [-0.3, -0.25) is 4.68 Å². The van der Waals surface area contributed by atoms with Crippen LogP contribution in [-0.4, -0.2) is 22.2 Å². The smallest absolute Gasteiger partial charge is 0.0860 e. The molecule has 1 N–H and O–H groups in total. The summed E-state index contributed by atoms with van der Waals surface area (Å²) >= 11 is 12.4. The molecule has 0 radical (unpaired) electrons. The number of nitrogens with zero attached hydrogens (tertiary/aromatic N) is 2. The Morgan fingerprint density at radius 1 is 1.26 bits per heavy atom. The molecule has 0 atom stereocenters. The fraction of sp³-hybridized carbons (Fsp3) is 0.786. The summed E-state index contributed by atoms with van der Waals surface area (Å²) < 4.78 is 1.96. The van der Waals surface area contributed by atoms with Gasteiger partial charge in [0.1, 0.15) is 0 Å². The number of aromatic nitrogens is 2. The van der Waals surface area contributed by atoms with Crippen molar-refractivity contribution in [2.24, 2.45) is 5.41 Å². The number of rotatable bonds is 8. The molecule has 1 aromatic rings. The van der Waals surface area contributed by atoms with Gasteiger partial charge in [0, 0.05) is 25.5 Å². The third-order valence-electron chi connectivity index (χ3n) is 4.03. The zero-order valence-corrected chi connectivity index (χ0v) is 13.9. The molecule has 0 bridgehead atoms. The van der Waals surface area contributed by atoms with Gasteiger partial charge in [0.2, 0.25) is 0 Å². The summed E-state index contributed by atoms with van der Waals surface area (Å²) in [5, 5.41) is 8.69. The van der Waals surface area contributed by atoms with Gasteiger partial charge in [0.15, 0.2) is 0 Å². The summed E-state index contributed by atoms with van der Waals surface area (Å²) in [6.07, 6.45) is 2.17. The first-order chi connectivity index (χ1) is 9.03. The van der Waals surface area contributed by atoms with E-state index in [9.17, 15) is 0 Å². The Kier molecular flexibility index (Phi) is 6.64. The van der Waals surface area contributed by atoms with Crippen LogP contribution in [0.25, 0.3) is 0 Å². The lowest BCUT2D eigenvalue weighted by atomic mass is 9.84. The Labute approximate surface area is 126 Å². The molecule has 0 aliphatic heterocycles. The van der Waals surface area contributed by atoms with E-state index in [1.165, 1.54) is 0 Å². The van der Waals surface area contributed by atoms with Crippen molar-refractivity contribution in [3.63, 3.8) is 0 Å². The average Bonchev–Trinajstić information content (AvgIpc) is 2.71. The molecule has 0 aliphatic carbocycles. The van der Waals surface area contributed by atoms with E-state index in [4.69, 9.17) is 23.2 Å². The standard InChI is InChI=1S/C14H25Cl2N3/c1-5-14(6-2,9-15)10-17-8-12-13(16)11(4)18-19(12)7-3/h17H,5-10H2,1-4H3. The molecule has 0 aromatic carbocycles. The number of hydrogen-bond donors (Lipinski definition) is 1. The van der Waals surface area contributed by atoms with Crippen LogP contribution in [0.1, 0.15) is 45.0 Å². The fourth-order valence-electron chi connectivity index (χ4n) is 2.22. The van der Waals surface area contributed by atoms with Crippen molar-refractivity contribution in [1.82, 2.24) is 15.1 Å². The van der Waals surface area contributed by atoms with Gasteiger partial charge in [-0.05, 0) is 32.1 Å². The molecule has 0 spiro atoms. The Morgan fingerprint density at radius 3 is 2.37 bits per heavy atom. The molecule has 0 amide bonds. The maximum Gasteiger partial charge on any atom is 0.0860 e. The van der Waals surface area contributed by atoms with Crippen LogP contribution in [0.5, 0.6) is 0 Å². The lowest BCUT2D eigenvalue weighted by Gasteiger charge is -2.29. The molecule has 19 heavy (non-hydrogen) atoms. The third-order valence-corrected chi connectivity index (χ3v) is 5.09. The van der Waals surface area contributed by atoms with Gasteiger partial charge in [-0.2, -0.15) is 5.10 Å². The second-order valence-corrected chi connectivity index (χ2v) is 5.75. The van der Waals surface area contributed by atoms with Crippen LogP contribution in [0.4, 0.5) is 0 Å². The highest BCUT2D eigenvalue weighted by Crippen LogP contribution is 2.27. The number of halogens is 2. The second-order valence-electron chi connectivity index (χ2n) is 5.11. The van der Waals surface area contributed by atoms with Crippen molar-refractivity contribution in [2.45, 2.75) is 53.6 Å². The van der Waals surface area contributed by atoms with E-state index in [0.29, 0.717) is 5.88 Å². The summed E-state index contributed by atoms with van der Waals surface area (Å²) in [6, 6.07) is 0. The molecule has 0 saturated carbocycles. The Balaban J connectivity index is 2.67. The molecule has 0 saturated heterocycles. The highest BCUT2D eigenvalue weighted by Gasteiger charge is 2.24. The number of alkyl halides is 1. The van der Waals surface area contributed by atoms with Crippen LogP contribution >= 0.6 is 23.2 Å². The molecule has 1 aromatic heterocycles. The normalized spacial score (nSPS) is 12.1. The third kappa shape index (κ3) is 3.87. The molecule has 1 heterocycles. The Bertz CT molecular complexity index is 389. The zero-order valence-electron chi connectivity index (χ0n) is 12.4. The maximum atomic E-state index is 6.29. The molecule has 0 aliphatic rings. The van der Waals surface area contributed by atoms with Gasteiger partial charge in [-0.25, -0.2) is 0 Å². The fourth-order valence-corrected chi connectivity index (χ4v) is 2.89. The largest absolute Gasteiger partial charge is 0.311 e. The van der Waals surface area contributed by atoms with Crippen molar-refractivity contribution in [2.75, 3.05) is 12.4 Å². The van der Waals surface area contributed by atoms with E-state index in [1.54, 1.807) is 0 Å². The SMILES string of the molecule is CCn1nc(C)c(Cl)c1CNCC(CC)(CC)CCl. The van der Waals surface area contributed by atoms with E-state index in [1.807, 2.05) is 11.6 Å². The first kappa shape index (κ1) is 16.8. The van der Waals surface area contributed by atoms with Crippen LogP contribution < -0.4 is 5.32 Å². The van der Waals surface area contributed by atoms with Crippen molar-refractivity contribution < 1.29 is 0 Å². The number of nitrogens with one attached hydrogen (secondary N) is 1. The summed E-state index contributed by atoms with van der Waals surface area (Å²) in [5.74, 6) is 0.687. The average molecular weight is 306 g/mol. The van der Waals surface area contributed by atoms with Gasteiger partial charge in [-0.1, -0.05) is 25.4 Å². The predicted octanol–water partition coefficient (Wildman–Crippen LogP) is 4.00. The van der Waals surface area contributed by atoms with Gasteiger partial charge in [-0.15, -0.1) is 11.6 Å². The van der Waals surface area contributed by atoms with Gasteiger partial charge >= 0.3 is 0 Å². The molecule has 110 valence electrons. The van der Waals surface area contributed by atoms with E-state index >= 15 is 0 Å². The first-order valence-electron chi connectivity index (χ1n) is 7.02. The lowest BCUT2D eigenvalue weighted by molar-refractivity contribution is 0.285. The lowest BCUT2D eigenvalue weighted by Crippen LogP contribution is -2.35. The summed E-state index contributed by atoms with van der Waals surface area (Å²) in [4.78, 5) is 0. The first-order valence-corrected chi connectivity index (χ1v) is 7.93. The summed E-state index contributed by atoms with van der Waals surface area (Å²) in [7, 11) is 0. The quantitative estimate of drug-likeness (QED) is 0.736. The predicted molar refractivity (Wildman–Crippen MR) is 83.1 cm³/mol. The van der Waals surface area contributed by atoms with Crippen LogP contribution in [0.2, 0.25) is 5.02 Å². The minimum absolute atomic E-state index is 0.181. The van der Waals surface area contributed by atoms with Crippen LogP contribution in [0, 0.1) is 12.3 Å². The number of aryl methyl sites for hydroxylation is 2. The Morgan fingerprint density at radius 2 is 1.89 bits per heavy atom. The molecule has 1 rings (SSSR count). The topological polar surface area (TPSA) is 29.9 Å². The highest BCUT2D eigenvalue weighted by molar-refractivity contribution is 6.31. The highest BCUT2D eigenvalue weighted by atomic mass is 35.5. The second kappa shape index (κ2) is 7.51. The van der Waals surface area contributed by atoms with Crippen LogP contribution in [0.15, 0.2) is 0 Å². The molecular weight excluding hydrogens is 281 g/mol. The molecule has 0 fully saturated rings. The van der Waals surface area contributed by atoms with E-state index < -0.39 is 0 Å². The Hall–Kier alpha value is -0.250. The maximum absolute atomic E-state index is 6.29. The van der Waals surface area contributed by atoms with E-state index in [0.717, 1.165) is 48.9 Å². The minimum atomic E-state index is 0.181. The molecular formula is C14H25Cl2N3. The van der Waals surface area contributed by atoms with Gasteiger partial charge < -0.3 is 5.32 Å². The van der Waals surface area contributed by atoms with E-state index in [-0.39, 0.29) is 5.41 Å². The monoisotopic (exact) mass is 305 g/mol. The van der Waals surface area contributed by atoms with Gasteiger partial charge in [0.05, 0.1) is 16.4 Å². The van der Waals surface area contributed by atoms with Crippen molar-refractivity contribution in [3.8, 4) is 0 Å². The summed E-state index contributed by atoms with van der Waals surface area (Å²) in [6.45, 7) is 10.9. The van der Waals surface area contributed by atoms with Crippen molar-refractivity contribution in [1.29, 1.82) is 0 Å². The molecule has 5 heteroatoms. The van der Waals surface area contributed by atoms with E-state index in [2.05, 4.69) is 31.2 Å². The van der Waals surface area contributed by atoms with Crippen LogP contribution in [-0.2, 0) is 13.1 Å². The van der Waals surface area contributed by atoms with Crippen molar-refractivity contribution in [3.05, 3.63) is 16.4 Å². The van der Waals surface area contributed by atoms with Crippen LogP contribution in [0.3, 0.4) is 0 Å². The molecule has 0 unspecified atom stereocenters. The summed E-state index contributed by atoms with van der Waals surface area (Å²) in [5.41, 5.74) is 2.15. The minimum Gasteiger partial charge on any atom is -0.311 e. The zero-order chi connectivity index (χ0) is 14.5. The van der Waals surface area contributed by atoms with Crippen molar-refractivity contribution >= 4 is 23.2 Å². The van der Waals surface area contributed by atoms with Gasteiger partial charge in [0.25, 0.3) is 0 Å².